The molecule has 2 aromatic carbocycles. The summed E-state index contributed by atoms with van der Waals surface area (Å²) in [7, 11) is 1.61. The van der Waals surface area contributed by atoms with Crippen molar-refractivity contribution in [1.82, 2.24) is 0 Å². The summed E-state index contributed by atoms with van der Waals surface area (Å²) in [6.07, 6.45) is 0.484. The van der Waals surface area contributed by atoms with E-state index in [-0.39, 0.29) is 0 Å². The van der Waals surface area contributed by atoms with E-state index >= 15 is 0 Å². The van der Waals surface area contributed by atoms with E-state index in [1.165, 1.54) is 17.3 Å². The molecule has 0 amide bonds. The van der Waals surface area contributed by atoms with Crippen LogP contribution >= 0.6 is 11.8 Å². The van der Waals surface area contributed by atoms with Crippen LogP contribution in [0.2, 0.25) is 0 Å². The molecule has 1 N–H and O–H groups in total. The maximum Gasteiger partial charge on any atom is 0.317 e. The third kappa shape index (κ3) is 4.53. The van der Waals surface area contributed by atoms with Gasteiger partial charge in [0.2, 0.25) is 0 Å². The van der Waals surface area contributed by atoms with Crippen molar-refractivity contribution in [2.45, 2.75) is 23.5 Å². The fraction of sp³-hybridized carbons (Fsp3) is 0.235. The van der Waals surface area contributed by atoms with E-state index in [0.29, 0.717) is 6.42 Å². The van der Waals surface area contributed by atoms with Crippen LogP contribution in [0.25, 0.3) is 0 Å². The minimum Gasteiger partial charge on any atom is -0.497 e. The summed E-state index contributed by atoms with van der Waals surface area (Å²) in [5, 5.41) is 8.91. The van der Waals surface area contributed by atoms with Crippen molar-refractivity contribution in [2.75, 3.05) is 7.11 Å². The molecular weight excluding hydrogens is 284 g/mol. The first-order valence-electron chi connectivity index (χ1n) is 6.67. The SMILES string of the molecule is COc1ccc(C[C@@H](Sc2ccc(C)cc2)C(=O)O)cc1. The maximum atomic E-state index is 11.5. The molecule has 4 heteroatoms. The molecule has 0 aliphatic carbocycles. The molecule has 0 aliphatic heterocycles. The summed E-state index contributed by atoms with van der Waals surface area (Å²) in [6.45, 7) is 2.01. The number of thioether (sulfide) groups is 1. The predicted molar refractivity (Wildman–Crippen MR) is 85.2 cm³/mol. The maximum absolute atomic E-state index is 11.5. The van der Waals surface area contributed by atoms with Gasteiger partial charge in [-0.1, -0.05) is 29.8 Å². The van der Waals surface area contributed by atoms with Gasteiger partial charge in [0, 0.05) is 4.90 Å². The lowest BCUT2D eigenvalue weighted by molar-refractivity contribution is -0.136. The second-order valence-corrected chi connectivity index (χ2v) is 6.09. The molecule has 0 heterocycles. The van der Waals surface area contributed by atoms with E-state index in [1.807, 2.05) is 55.5 Å². The lowest BCUT2D eigenvalue weighted by Crippen LogP contribution is -2.19. The zero-order valence-electron chi connectivity index (χ0n) is 12.1. The molecule has 110 valence electrons. The van der Waals surface area contributed by atoms with E-state index in [9.17, 15) is 9.90 Å². The summed E-state index contributed by atoms with van der Waals surface area (Å²) >= 11 is 1.38. The van der Waals surface area contributed by atoms with Crippen LogP contribution in [0.4, 0.5) is 0 Å². The number of hydrogen-bond acceptors (Lipinski definition) is 3. The number of methoxy groups -OCH3 is 1. The Morgan fingerprint density at radius 3 is 2.29 bits per heavy atom. The third-order valence-corrected chi connectivity index (χ3v) is 4.35. The van der Waals surface area contributed by atoms with Gasteiger partial charge in [-0.2, -0.15) is 0 Å². The van der Waals surface area contributed by atoms with Crippen molar-refractivity contribution in [3.05, 3.63) is 59.7 Å². The highest BCUT2D eigenvalue weighted by atomic mass is 32.2. The van der Waals surface area contributed by atoms with E-state index in [4.69, 9.17) is 4.74 Å². The number of ether oxygens (including phenoxy) is 1. The first-order valence-corrected chi connectivity index (χ1v) is 7.55. The van der Waals surface area contributed by atoms with E-state index < -0.39 is 11.2 Å². The van der Waals surface area contributed by atoms with Gasteiger partial charge in [-0.3, -0.25) is 4.79 Å². The van der Waals surface area contributed by atoms with Crippen LogP contribution in [-0.2, 0) is 11.2 Å². The van der Waals surface area contributed by atoms with Gasteiger partial charge < -0.3 is 9.84 Å². The Morgan fingerprint density at radius 1 is 1.14 bits per heavy atom. The average Bonchev–Trinajstić information content (AvgIpc) is 2.49. The number of aryl methyl sites for hydroxylation is 1. The van der Waals surface area contributed by atoms with E-state index in [1.54, 1.807) is 7.11 Å². The molecule has 0 aliphatic rings. The van der Waals surface area contributed by atoms with Crippen LogP contribution in [0.5, 0.6) is 5.75 Å². The van der Waals surface area contributed by atoms with Crippen molar-refractivity contribution in [1.29, 1.82) is 0 Å². The van der Waals surface area contributed by atoms with Gasteiger partial charge in [0.1, 0.15) is 11.0 Å². The Bertz CT molecular complexity index is 590. The van der Waals surface area contributed by atoms with Gasteiger partial charge in [0.25, 0.3) is 0 Å². The molecule has 0 radical (unpaired) electrons. The zero-order valence-corrected chi connectivity index (χ0v) is 12.9. The lowest BCUT2D eigenvalue weighted by Gasteiger charge is -2.12. The highest BCUT2D eigenvalue weighted by Crippen LogP contribution is 2.27. The summed E-state index contributed by atoms with van der Waals surface area (Å²) in [5.41, 5.74) is 2.16. The molecule has 0 saturated carbocycles. The van der Waals surface area contributed by atoms with Crippen LogP contribution in [0.1, 0.15) is 11.1 Å². The highest BCUT2D eigenvalue weighted by molar-refractivity contribution is 8.00. The van der Waals surface area contributed by atoms with Crippen molar-refractivity contribution >= 4 is 17.7 Å². The van der Waals surface area contributed by atoms with Crippen molar-refractivity contribution in [3.63, 3.8) is 0 Å². The summed E-state index contributed by atoms with van der Waals surface area (Å²) < 4.78 is 5.11. The fourth-order valence-electron chi connectivity index (χ4n) is 1.94. The first kappa shape index (κ1) is 15.4. The van der Waals surface area contributed by atoms with Gasteiger partial charge in [-0.15, -0.1) is 11.8 Å². The Balaban J connectivity index is 2.07. The van der Waals surface area contributed by atoms with Crippen molar-refractivity contribution in [2.24, 2.45) is 0 Å². The second kappa shape index (κ2) is 7.18. The van der Waals surface area contributed by atoms with E-state index in [0.717, 1.165) is 16.2 Å². The van der Waals surface area contributed by atoms with Gasteiger partial charge in [-0.25, -0.2) is 0 Å². The predicted octanol–water partition coefficient (Wildman–Crippen LogP) is 3.79. The number of carboxylic acid groups (broad SMARTS) is 1. The van der Waals surface area contributed by atoms with Crippen molar-refractivity contribution in [3.8, 4) is 5.75 Å². The molecule has 2 aromatic rings. The molecule has 3 nitrogen and oxygen atoms in total. The number of carbonyl (C=O) groups is 1. The Kier molecular flexibility index (Phi) is 5.28. The summed E-state index contributed by atoms with van der Waals surface area (Å²) in [5.74, 6) is -0.0202. The fourth-order valence-corrected chi connectivity index (χ4v) is 2.93. The molecular formula is C17H18O3S. The molecule has 0 aromatic heterocycles. The van der Waals surface area contributed by atoms with Crippen LogP contribution in [0.3, 0.4) is 0 Å². The minimum absolute atomic E-state index is 0.484. The first-order chi connectivity index (χ1) is 10.1. The third-order valence-electron chi connectivity index (χ3n) is 3.15. The summed E-state index contributed by atoms with van der Waals surface area (Å²) in [4.78, 5) is 12.4. The van der Waals surface area contributed by atoms with Crippen LogP contribution in [0, 0.1) is 6.92 Å². The molecule has 0 unspecified atom stereocenters. The van der Waals surface area contributed by atoms with Gasteiger partial charge in [0.05, 0.1) is 7.11 Å². The van der Waals surface area contributed by atoms with Gasteiger partial charge in [0.15, 0.2) is 0 Å². The molecule has 0 spiro atoms. The number of carboxylic acids is 1. The van der Waals surface area contributed by atoms with Crippen LogP contribution < -0.4 is 4.74 Å². The second-order valence-electron chi connectivity index (χ2n) is 4.81. The Labute approximate surface area is 129 Å². The zero-order chi connectivity index (χ0) is 15.2. The smallest absolute Gasteiger partial charge is 0.317 e. The Hall–Kier alpha value is -1.94. The minimum atomic E-state index is -0.795. The normalized spacial score (nSPS) is 11.9. The van der Waals surface area contributed by atoms with Crippen molar-refractivity contribution < 1.29 is 14.6 Å². The molecule has 21 heavy (non-hydrogen) atoms. The topological polar surface area (TPSA) is 46.5 Å². The number of rotatable bonds is 6. The molecule has 0 fully saturated rings. The molecule has 0 saturated heterocycles. The van der Waals surface area contributed by atoms with Gasteiger partial charge >= 0.3 is 5.97 Å². The quantitative estimate of drug-likeness (QED) is 0.825. The standard InChI is InChI=1S/C17H18O3S/c1-12-3-9-15(10-4-12)21-16(17(18)19)11-13-5-7-14(20-2)8-6-13/h3-10,16H,11H2,1-2H3,(H,18,19)/t16-/m1/s1. The van der Waals surface area contributed by atoms with Gasteiger partial charge in [-0.05, 0) is 43.2 Å². The molecule has 1 atom stereocenters. The molecule has 0 bridgehead atoms. The van der Waals surface area contributed by atoms with Crippen LogP contribution in [-0.4, -0.2) is 23.4 Å². The number of aliphatic carboxylic acids is 1. The van der Waals surface area contributed by atoms with Crippen LogP contribution in [0.15, 0.2) is 53.4 Å². The van der Waals surface area contributed by atoms with E-state index in [2.05, 4.69) is 0 Å². The monoisotopic (exact) mass is 302 g/mol. The lowest BCUT2D eigenvalue weighted by atomic mass is 10.1. The highest BCUT2D eigenvalue weighted by Gasteiger charge is 2.19. The average molecular weight is 302 g/mol. The largest absolute Gasteiger partial charge is 0.497 e. The molecule has 2 rings (SSSR count). The number of benzene rings is 2. The Morgan fingerprint density at radius 2 is 1.76 bits per heavy atom. The number of hydrogen-bond donors (Lipinski definition) is 1. The summed E-state index contributed by atoms with van der Waals surface area (Å²) in [6, 6.07) is 15.4.